The molecule has 3 atom stereocenters. The maximum absolute atomic E-state index is 12.1. The molecular weight excluding hydrogens is 262 g/mol. The second-order valence-electron chi connectivity index (χ2n) is 5.49. The number of hydrogen-bond acceptors (Lipinski definition) is 3. The van der Waals surface area contributed by atoms with E-state index in [9.17, 15) is 9.59 Å². The highest BCUT2D eigenvalue weighted by Gasteiger charge is 2.46. The third-order valence-corrected chi connectivity index (χ3v) is 4.75. The van der Waals surface area contributed by atoms with Crippen LogP contribution in [0.1, 0.15) is 36.6 Å². The van der Waals surface area contributed by atoms with E-state index < -0.39 is 12.0 Å². The molecule has 0 spiro atoms. The topological polar surface area (TPSA) is 66.4 Å². The van der Waals surface area contributed by atoms with Gasteiger partial charge in [0.25, 0.3) is 0 Å². The van der Waals surface area contributed by atoms with Crippen molar-refractivity contribution >= 4 is 23.2 Å². The molecule has 1 aliphatic carbocycles. The normalized spacial score (nSPS) is 23.2. The maximum atomic E-state index is 12.1. The lowest BCUT2D eigenvalue weighted by atomic mass is 10.0. The van der Waals surface area contributed by atoms with Crippen molar-refractivity contribution in [3.63, 3.8) is 0 Å². The summed E-state index contributed by atoms with van der Waals surface area (Å²) in [5, 5.41) is 13.8. The van der Waals surface area contributed by atoms with Crippen LogP contribution in [0.3, 0.4) is 0 Å². The molecule has 1 aromatic heterocycles. The minimum Gasteiger partial charge on any atom is -0.480 e. The SMILES string of the molecule is Cc1ccsc1C1CC1C(=O)N[C@@H](C(=O)O)C(C)C. The molecule has 1 heterocycles. The van der Waals surface area contributed by atoms with Crippen molar-refractivity contribution in [2.24, 2.45) is 11.8 Å². The molecule has 0 aliphatic heterocycles. The molecule has 104 valence electrons. The summed E-state index contributed by atoms with van der Waals surface area (Å²) in [7, 11) is 0. The van der Waals surface area contributed by atoms with E-state index in [1.54, 1.807) is 25.2 Å². The third-order valence-electron chi connectivity index (χ3n) is 3.60. The van der Waals surface area contributed by atoms with Crippen LogP contribution in [0.5, 0.6) is 0 Å². The van der Waals surface area contributed by atoms with Crippen molar-refractivity contribution in [2.75, 3.05) is 0 Å². The van der Waals surface area contributed by atoms with Crippen molar-refractivity contribution in [1.29, 1.82) is 0 Å². The number of rotatable bonds is 5. The molecule has 1 aromatic rings. The van der Waals surface area contributed by atoms with E-state index in [0.717, 1.165) is 6.42 Å². The van der Waals surface area contributed by atoms with E-state index in [2.05, 4.69) is 11.4 Å². The van der Waals surface area contributed by atoms with Gasteiger partial charge in [0.1, 0.15) is 6.04 Å². The Hall–Kier alpha value is -1.36. The molecule has 5 heteroatoms. The largest absolute Gasteiger partial charge is 0.480 e. The second-order valence-corrected chi connectivity index (χ2v) is 6.43. The average Bonchev–Trinajstić information content (AvgIpc) is 3.01. The van der Waals surface area contributed by atoms with Crippen LogP contribution >= 0.6 is 11.3 Å². The standard InChI is InChI=1S/C14H19NO3S/c1-7(2)11(14(17)18)15-13(16)10-6-9(10)12-8(3)4-5-19-12/h4-5,7,9-11H,6H2,1-3H3,(H,15,16)(H,17,18)/t9?,10?,11-/m1/s1. The highest BCUT2D eigenvalue weighted by molar-refractivity contribution is 7.10. The van der Waals surface area contributed by atoms with E-state index in [-0.39, 0.29) is 23.7 Å². The molecule has 1 aliphatic rings. The molecule has 1 saturated carbocycles. The summed E-state index contributed by atoms with van der Waals surface area (Å²) in [6, 6.07) is 1.26. The minimum atomic E-state index is -0.965. The number of carbonyl (C=O) groups is 2. The number of aryl methyl sites for hydroxylation is 1. The number of nitrogens with one attached hydrogen (secondary N) is 1. The summed E-state index contributed by atoms with van der Waals surface area (Å²) < 4.78 is 0. The van der Waals surface area contributed by atoms with Crippen LogP contribution in [-0.2, 0) is 9.59 Å². The minimum absolute atomic E-state index is 0.0575. The fourth-order valence-corrected chi connectivity index (χ4v) is 3.42. The summed E-state index contributed by atoms with van der Waals surface area (Å²) in [6.07, 6.45) is 0.831. The van der Waals surface area contributed by atoms with E-state index in [4.69, 9.17) is 5.11 Å². The Morgan fingerprint density at radius 2 is 2.16 bits per heavy atom. The van der Waals surface area contributed by atoms with Crippen molar-refractivity contribution < 1.29 is 14.7 Å². The lowest BCUT2D eigenvalue weighted by molar-refractivity contribution is -0.143. The summed E-state index contributed by atoms with van der Waals surface area (Å²) in [5.41, 5.74) is 1.23. The van der Waals surface area contributed by atoms with Gasteiger partial charge in [-0.05, 0) is 36.3 Å². The summed E-state index contributed by atoms with van der Waals surface area (Å²) in [6.45, 7) is 5.65. The molecule has 0 saturated heterocycles. The number of aliphatic carboxylic acids is 1. The van der Waals surface area contributed by atoms with E-state index in [0.29, 0.717) is 0 Å². The Morgan fingerprint density at radius 1 is 1.47 bits per heavy atom. The molecule has 4 nitrogen and oxygen atoms in total. The highest BCUT2D eigenvalue weighted by Crippen LogP contribution is 2.50. The summed E-state index contributed by atoms with van der Waals surface area (Å²) >= 11 is 1.68. The maximum Gasteiger partial charge on any atom is 0.326 e. The van der Waals surface area contributed by atoms with Gasteiger partial charge >= 0.3 is 5.97 Å². The quantitative estimate of drug-likeness (QED) is 0.871. The molecule has 0 aromatic carbocycles. The number of carboxylic acids is 1. The number of amides is 1. The molecule has 2 unspecified atom stereocenters. The number of carbonyl (C=O) groups excluding carboxylic acids is 1. The number of thiophene rings is 1. The lowest BCUT2D eigenvalue weighted by Crippen LogP contribution is -2.45. The van der Waals surface area contributed by atoms with Gasteiger partial charge in [0.15, 0.2) is 0 Å². The van der Waals surface area contributed by atoms with Crippen molar-refractivity contribution in [1.82, 2.24) is 5.32 Å². The van der Waals surface area contributed by atoms with Crippen molar-refractivity contribution in [2.45, 2.75) is 39.2 Å². The smallest absolute Gasteiger partial charge is 0.326 e. The predicted octanol–water partition coefficient (Wildman–Crippen LogP) is 2.39. The first-order valence-corrected chi connectivity index (χ1v) is 7.37. The first-order chi connectivity index (χ1) is 8.91. The van der Waals surface area contributed by atoms with Crippen LogP contribution in [0.25, 0.3) is 0 Å². The van der Waals surface area contributed by atoms with Gasteiger partial charge in [0, 0.05) is 16.7 Å². The Morgan fingerprint density at radius 3 is 2.63 bits per heavy atom. The Balaban J connectivity index is 1.96. The average molecular weight is 281 g/mol. The zero-order valence-corrected chi connectivity index (χ0v) is 12.2. The van der Waals surface area contributed by atoms with E-state index in [1.807, 2.05) is 12.3 Å². The molecule has 0 bridgehead atoms. The van der Waals surface area contributed by atoms with Crippen molar-refractivity contribution in [3.05, 3.63) is 21.9 Å². The Labute approximate surface area is 116 Å². The van der Waals surface area contributed by atoms with Crippen LogP contribution in [0.2, 0.25) is 0 Å². The molecule has 1 fully saturated rings. The highest BCUT2D eigenvalue weighted by atomic mass is 32.1. The van der Waals surface area contributed by atoms with Gasteiger partial charge in [0.05, 0.1) is 0 Å². The molecule has 2 N–H and O–H groups in total. The van der Waals surface area contributed by atoms with Crippen LogP contribution < -0.4 is 5.32 Å². The zero-order chi connectivity index (χ0) is 14.2. The fourth-order valence-electron chi connectivity index (χ4n) is 2.31. The second kappa shape index (κ2) is 5.33. The monoisotopic (exact) mass is 281 g/mol. The van der Waals surface area contributed by atoms with Gasteiger partial charge < -0.3 is 10.4 Å². The molecule has 1 amide bonds. The lowest BCUT2D eigenvalue weighted by Gasteiger charge is -2.17. The Bertz CT molecular complexity index is 495. The molecule has 0 radical (unpaired) electrons. The van der Waals surface area contributed by atoms with Gasteiger partial charge in [-0.25, -0.2) is 4.79 Å². The van der Waals surface area contributed by atoms with E-state index in [1.165, 1.54) is 10.4 Å². The van der Waals surface area contributed by atoms with E-state index >= 15 is 0 Å². The summed E-state index contributed by atoms with van der Waals surface area (Å²) in [5.74, 6) is -0.978. The summed E-state index contributed by atoms with van der Waals surface area (Å²) in [4.78, 5) is 24.4. The number of hydrogen-bond donors (Lipinski definition) is 2. The van der Waals surface area contributed by atoms with Crippen LogP contribution in [0, 0.1) is 18.8 Å². The molecule has 2 rings (SSSR count). The van der Waals surface area contributed by atoms with Gasteiger partial charge in [-0.15, -0.1) is 11.3 Å². The van der Waals surface area contributed by atoms with Crippen LogP contribution in [0.4, 0.5) is 0 Å². The Kier molecular flexibility index (Phi) is 3.94. The van der Waals surface area contributed by atoms with Crippen molar-refractivity contribution in [3.8, 4) is 0 Å². The van der Waals surface area contributed by atoms with Crippen LogP contribution in [-0.4, -0.2) is 23.0 Å². The first kappa shape index (κ1) is 14.1. The van der Waals surface area contributed by atoms with Gasteiger partial charge in [-0.2, -0.15) is 0 Å². The van der Waals surface area contributed by atoms with Crippen LogP contribution in [0.15, 0.2) is 11.4 Å². The van der Waals surface area contributed by atoms with Gasteiger partial charge in [-0.1, -0.05) is 13.8 Å². The predicted molar refractivity (Wildman–Crippen MR) is 74.3 cm³/mol. The first-order valence-electron chi connectivity index (χ1n) is 6.49. The molecule has 19 heavy (non-hydrogen) atoms. The molecular formula is C14H19NO3S. The third kappa shape index (κ3) is 2.97. The fraction of sp³-hybridized carbons (Fsp3) is 0.571. The van der Waals surface area contributed by atoms with Gasteiger partial charge in [0.2, 0.25) is 5.91 Å². The zero-order valence-electron chi connectivity index (χ0n) is 11.3. The number of carboxylic acid groups (broad SMARTS) is 1. The van der Waals surface area contributed by atoms with Gasteiger partial charge in [-0.3, -0.25) is 4.79 Å².